The number of carbonyl (C=O) groups is 1. The van der Waals surface area contributed by atoms with Crippen molar-refractivity contribution in [3.05, 3.63) is 34.3 Å². The minimum atomic E-state index is -0.249. The van der Waals surface area contributed by atoms with Gasteiger partial charge in [-0.05, 0) is 42.4 Å². The Hall–Kier alpha value is -0.870. The van der Waals surface area contributed by atoms with Gasteiger partial charge in [-0.3, -0.25) is 4.79 Å². The van der Waals surface area contributed by atoms with Crippen molar-refractivity contribution in [2.24, 2.45) is 11.7 Å². The van der Waals surface area contributed by atoms with Crippen molar-refractivity contribution in [3.8, 4) is 0 Å². The standard InChI is InChI=1S/C15H21BrN2O/c1-9(2)14(15(17)19)18-13-7-11(8-13)10-4-3-5-12(16)6-10/h3-6,9,11,13-14,18H,7-8H2,1-2H3,(H2,17,19). The van der Waals surface area contributed by atoms with Gasteiger partial charge in [-0.1, -0.05) is 41.9 Å². The van der Waals surface area contributed by atoms with Crippen molar-refractivity contribution >= 4 is 21.8 Å². The Morgan fingerprint density at radius 1 is 1.42 bits per heavy atom. The Morgan fingerprint density at radius 2 is 2.11 bits per heavy atom. The first-order valence-corrected chi connectivity index (χ1v) is 7.57. The molecule has 1 fully saturated rings. The lowest BCUT2D eigenvalue weighted by Gasteiger charge is -2.39. The van der Waals surface area contributed by atoms with Crippen LogP contribution in [-0.4, -0.2) is 18.0 Å². The average Bonchev–Trinajstić information content (AvgIpc) is 2.26. The second-order valence-corrected chi connectivity index (χ2v) is 6.63. The highest BCUT2D eigenvalue weighted by atomic mass is 79.9. The maximum Gasteiger partial charge on any atom is 0.234 e. The summed E-state index contributed by atoms with van der Waals surface area (Å²) in [7, 11) is 0. The van der Waals surface area contributed by atoms with E-state index in [4.69, 9.17) is 5.73 Å². The summed E-state index contributed by atoms with van der Waals surface area (Å²) in [5, 5.41) is 3.38. The van der Waals surface area contributed by atoms with E-state index in [1.54, 1.807) is 0 Å². The summed E-state index contributed by atoms with van der Waals surface area (Å²) < 4.78 is 1.12. The van der Waals surface area contributed by atoms with Crippen molar-refractivity contribution in [2.75, 3.05) is 0 Å². The molecule has 1 aliphatic carbocycles. The minimum Gasteiger partial charge on any atom is -0.368 e. The fourth-order valence-electron chi connectivity index (χ4n) is 2.64. The molecule has 0 aromatic heterocycles. The summed E-state index contributed by atoms with van der Waals surface area (Å²) in [5.41, 5.74) is 6.79. The van der Waals surface area contributed by atoms with Gasteiger partial charge < -0.3 is 11.1 Å². The van der Waals surface area contributed by atoms with Crippen LogP contribution < -0.4 is 11.1 Å². The van der Waals surface area contributed by atoms with Crippen LogP contribution in [0.5, 0.6) is 0 Å². The zero-order valence-electron chi connectivity index (χ0n) is 11.4. The Labute approximate surface area is 123 Å². The monoisotopic (exact) mass is 324 g/mol. The Balaban J connectivity index is 1.88. The number of primary amides is 1. The third-order valence-corrected chi connectivity index (χ3v) is 4.34. The second-order valence-electron chi connectivity index (χ2n) is 5.71. The van der Waals surface area contributed by atoms with E-state index in [9.17, 15) is 4.79 Å². The fraction of sp³-hybridized carbons (Fsp3) is 0.533. The van der Waals surface area contributed by atoms with Crippen LogP contribution in [0.4, 0.5) is 0 Å². The predicted octanol–water partition coefficient (Wildman–Crippen LogP) is 2.79. The molecule has 19 heavy (non-hydrogen) atoms. The van der Waals surface area contributed by atoms with Crippen molar-refractivity contribution in [2.45, 2.75) is 44.7 Å². The maximum absolute atomic E-state index is 11.4. The molecule has 0 radical (unpaired) electrons. The van der Waals surface area contributed by atoms with E-state index in [1.807, 2.05) is 19.9 Å². The lowest BCUT2D eigenvalue weighted by molar-refractivity contribution is -0.121. The number of amides is 1. The van der Waals surface area contributed by atoms with Gasteiger partial charge in [0.1, 0.15) is 0 Å². The molecule has 2 rings (SSSR count). The van der Waals surface area contributed by atoms with Crippen LogP contribution in [0.2, 0.25) is 0 Å². The number of benzene rings is 1. The molecule has 1 atom stereocenters. The first-order chi connectivity index (χ1) is 8.97. The number of nitrogens with two attached hydrogens (primary N) is 1. The number of nitrogens with one attached hydrogen (secondary N) is 1. The van der Waals surface area contributed by atoms with E-state index in [-0.39, 0.29) is 17.9 Å². The molecule has 3 N–H and O–H groups in total. The third-order valence-electron chi connectivity index (χ3n) is 3.85. The third kappa shape index (κ3) is 3.57. The molecule has 1 aliphatic rings. The zero-order valence-corrected chi connectivity index (χ0v) is 13.0. The zero-order chi connectivity index (χ0) is 14.0. The second kappa shape index (κ2) is 6.06. The van der Waals surface area contributed by atoms with Gasteiger partial charge in [-0.15, -0.1) is 0 Å². The molecule has 1 amide bonds. The van der Waals surface area contributed by atoms with Crippen molar-refractivity contribution in [1.82, 2.24) is 5.32 Å². The maximum atomic E-state index is 11.4. The summed E-state index contributed by atoms with van der Waals surface area (Å²) in [6.45, 7) is 4.04. The van der Waals surface area contributed by atoms with Crippen LogP contribution in [0.25, 0.3) is 0 Å². The largest absolute Gasteiger partial charge is 0.368 e. The average molecular weight is 325 g/mol. The first-order valence-electron chi connectivity index (χ1n) is 6.78. The van der Waals surface area contributed by atoms with Crippen LogP contribution in [0.1, 0.15) is 38.2 Å². The fourth-order valence-corrected chi connectivity index (χ4v) is 3.06. The molecule has 0 bridgehead atoms. The lowest BCUT2D eigenvalue weighted by Crippen LogP contribution is -2.53. The Morgan fingerprint density at radius 3 is 2.63 bits per heavy atom. The van der Waals surface area contributed by atoms with Crippen LogP contribution in [0.15, 0.2) is 28.7 Å². The van der Waals surface area contributed by atoms with Gasteiger partial charge in [-0.25, -0.2) is 0 Å². The summed E-state index contributed by atoms with van der Waals surface area (Å²) >= 11 is 3.50. The summed E-state index contributed by atoms with van der Waals surface area (Å²) in [6.07, 6.45) is 2.15. The molecule has 1 aromatic rings. The Bertz CT molecular complexity index is 455. The predicted molar refractivity (Wildman–Crippen MR) is 80.9 cm³/mol. The molecule has 104 valence electrons. The number of hydrogen-bond donors (Lipinski definition) is 2. The molecular formula is C15H21BrN2O. The van der Waals surface area contributed by atoms with Gasteiger partial charge in [0.15, 0.2) is 0 Å². The van der Waals surface area contributed by atoms with Crippen molar-refractivity contribution in [3.63, 3.8) is 0 Å². The highest BCUT2D eigenvalue weighted by Gasteiger charge is 2.33. The summed E-state index contributed by atoms with van der Waals surface area (Å²) in [5.74, 6) is 0.582. The quantitative estimate of drug-likeness (QED) is 0.875. The lowest BCUT2D eigenvalue weighted by atomic mass is 9.75. The molecule has 0 saturated heterocycles. The highest BCUT2D eigenvalue weighted by Crippen LogP contribution is 2.38. The number of halogens is 1. The SMILES string of the molecule is CC(C)C(NC1CC(c2cccc(Br)c2)C1)C(N)=O. The molecule has 1 unspecified atom stereocenters. The van der Waals surface area contributed by atoms with E-state index >= 15 is 0 Å². The van der Waals surface area contributed by atoms with E-state index in [2.05, 4.69) is 39.4 Å². The topological polar surface area (TPSA) is 55.1 Å². The Kier molecular flexibility index (Phi) is 4.63. The summed E-state index contributed by atoms with van der Waals surface area (Å²) in [4.78, 5) is 11.4. The number of carbonyl (C=O) groups excluding carboxylic acids is 1. The first kappa shape index (κ1) is 14.5. The van der Waals surface area contributed by atoms with E-state index in [1.165, 1.54) is 5.56 Å². The van der Waals surface area contributed by atoms with E-state index < -0.39 is 0 Å². The summed E-state index contributed by atoms with van der Waals surface area (Å²) in [6, 6.07) is 8.65. The number of rotatable bonds is 5. The van der Waals surface area contributed by atoms with Crippen molar-refractivity contribution < 1.29 is 4.79 Å². The van der Waals surface area contributed by atoms with Crippen LogP contribution in [0.3, 0.4) is 0 Å². The van der Waals surface area contributed by atoms with Gasteiger partial charge >= 0.3 is 0 Å². The van der Waals surface area contributed by atoms with Gasteiger partial charge in [-0.2, -0.15) is 0 Å². The van der Waals surface area contributed by atoms with Gasteiger partial charge in [0, 0.05) is 10.5 Å². The van der Waals surface area contributed by atoms with E-state index in [0.29, 0.717) is 12.0 Å². The van der Waals surface area contributed by atoms with Gasteiger partial charge in [0.25, 0.3) is 0 Å². The van der Waals surface area contributed by atoms with Crippen LogP contribution >= 0.6 is 15.9 Å². The molecule has 4 heteroatoms. The smallest absolute Gasteiger partial charge is 0.234 e. The normalized spacial score (nSPS) is 24.0. The molecule has 0 heterocycles. The number of hydrogen-bond acceptors (Lipinski definition) is 2. The van der Waals surface area contributed by atoms with Crippen LogP contribution in [-0.2, 0) is 4.79 Å². The molecule has 3 nitrogen and oxygen atoms in total. The highest BCUT2D eigenvalue weighted by molar-refractivity contribution is 9.10. The van der Waals surface area contributed by atoms with Crippen molar-refractivity contribution in [1.29, 1.82) is 0 Å². The molecule has 1 aromatic carbocycles. The van der Waals surface area contributed by atoms with Gasteiger partial charge in [0.2, 0.25) is 5.91 Å². The molecule has 1 saturated carbocycles. The van der Waals surface area contributed by atoms with Crippen LogP contribution in [0, 0.1) is 5.92 Å². The molecular weight excluding hydrogens is 304 g/mol. The van der Waals surface area contributed by atoms with Gasteiger partial charge in [0.05, 0.1) is 6.04 Å². The molecule has 0 aliphatic heterocycles. The molecule has 0 spiro atoms. The van der Waals surface area contributed by atoms with E-state index in [0.717, 1.165) is 17.3 Å². The minimum absolute atomic E-state index is 0.214.